The predicted molar refractivity (Wildman–Crippen MR) is 101 cm³/mol. The molecule has 6 heteroatoms. The lowest BCUT2D eigenvalue weighted by Crippen LogP contribution is -2.43. The Labute approximate surface area is 152 Å². The normalized spacial score (nSPS) is 28.3. The lowest BCUT2D eigenvalue weighted by molar-refractivity contribution is 0.0130. The third-order valence-corrected chi connectivity index (χ3v) is 5.85. The van der Waals surface area contributed by atoms with Gasteiger partial charge >= 0.3 is 0 Å². The van der Waals surface area contributed by atoms with Crippen LogP contribution in [0, 0.1) is 5.92 Å². The fraction of sp³-hybridized carbons (Fsp3) is 0.947. The first-order valence-electron chi connectivity index (χ1n) is 10.2. The second-order valence-electron chi connectivity index (χ2n) is 7.97. The van der Waals surface area contributed by atoms with Gasteiger partial charge in [-0.2, -0.15) is 0 Å². The molecule has 1 atom stereocenters. The van der Waals surface area contributed by atoms with Crippen LogP contribution in [-0.2, 0) is 4.74 Å². The number of ether oxygens (including phenoxy) is 1. The van der Waals surface area contributed by atoms with E-state index in [1.807, 2.05) is 0 Å². The van der Waals surface area contributed by atoms with E-state index in [0.717, 1.165) is 77.6 Å². The van der Waals surface area contributed by atoms with Crippen LogP contribution in [0.1, 0.15) is 45.4 Å². The molecule has 25 heavy (non-hydrogen) atoms. The number of nitrogens with zero attached hydrogens (tertiary/aromatic N) is 3. The zero-order valence-corrected chi connectivity index (χ0v) is 15.9. The van der Waals surface area contributed by atoms with E-state index < -0.39 is 5.60 Å². The number of morpholine rings is 1. The summed E-state index contributed by atoms with van der Waals surface area (Å²) in [5.41, 5.74) is -0.578. The van der Waals surface area contributed by atoms with Gasteiger partial charge in [0.15, 0.2) is 5.96 Å². The van der Waals surface area contributed by atoms with Crippen molar-refractivity contribution in [3.05, 3.63) is 0 Å². The summed E-state index contributed by atoms with van der Waals surface area (Å²) >= 11 is 0. The van der Waals surface area contributed by atoms with Gasteiger partial charge in [0.2, 0.25) is 0 Å². The molecule has 0 radical (unpaired) electrons. The molecule has 0 amide bonds. The van der Waals surface area contributed by atoms with E-state index in [1.54, 1.807) is 0 Å². The van der Waals surface area contributed by atoms with Crippen molar-refractivity contribution in [3.8, 4) is 0 Å². The topological polar surface area (TPSA) is 60.3 Å². The highest BCUT2D eigenvalue weighted by Gasteiger charge is 2.31. The number of rotatable bonds is 5. The minimum Gasteiger partial charge on any atom is -0.388 e. The molecule has 3 fully saturated rings. The molecule has 3 aliphatic rings. The molecule has 0 aromatic rings. The summed E-state index contributed by atoms with van der Waals surface area (Å²) in [7, 11) is 0. The van der Waals surface area contributed by atoms with Crippen LogP contribution in [0.25, 0.3) is 0 Å². The van der Waals surface area contributed by atoms with E-state index in [1.165, 1.54) is 19.4 Å². The molecule has 2 heterocycles. The summed E-state index contributed by atoms with van der Waals surface area (Å²) in [5.74, 6) is 1.70. The maximum atomic E-state index is 10.7. The Balaban J connectivity index is 1.52. The lowest BCUT2D eigenvalue weighted by atomic mass is 9.85. The van der Waals surface area contributed by atoms with Crippen molar-refractivity contribution >= 4 is 5.96 Å². The minimum absolute atomic E-state index is 0.542. The molecule has 1 aliphatic carbocycles. The Morgan fingerprint density at radius 2 is 1.96 bits per heavy atom. The molecule has 2 N–H and O–H groups in total. The first-order chi connectivity index (χ1) is 12.2. The van der Waals surface area contributed by atoms with Gasteiger partial charge in [-0.15, -0.1) is 0 Å². The summed E-state index contributed by atoms with van der Waals surface area (Å²) in [6.45, 7) is 10.7. The fourth-order valence-electron chi connectivity index (χ4n) is 4.34. The number of hydrogen-bond acceptors (Lipinski definition) is 4. The zero-order chi connectivity index (χ0) is 17.5. The predicted octanol–water partition coefficient (Wildman–Crippen LogP) is 1.30. The van der Waals surface area contributed by atoms with Crippen molar-refractivity contribution < 1.29 is 9.84 Å². The quantitative estimate of drug-likeness (QED) is 0.577. The Morgan fingerprint density at radius 1 is 1.20 bits per heavy atom. The number of likely N-dealkylation sites (tertiary alicyclic amines) is 1. The van der Waals surface area contributed by atoms with Gasteiger partial charge < -0.3 is 20.1 Å². The van der Waals surface area contributed by atoms with Crippen molar-refractivity contribution in [1.29, 1.82) is 0 Å². The molecule has 2 aliphatic heterocycles. The molecular weight excluding hydrogens is 316 g/mol. The van der Waals surface area contributed by atoms with Gasteiger partial charge in [-0.3, -0.25) is 9.89 Å². The third kappa shape index (κ3) is 5.56. The first-order valence-corrected chi connectivity index (χ1v) is 10.2. The maximum Gasteiger partial charge on any atom is 0.194 e. The van der Waals surface area contributed by atoms with Crippen molar-refractivity contribution in [2.75, 3.05) is 59.0 Å². The van der Waals surface area contributed by atoms with Crippen molar-refractivity contribution in [3.63, 3.8) is 0 Å². The SMILES string of the molecule is CCNC(=NCC1(O)CCCCC1)N1CCC(CN2CCOCC2)C1. The molecule has 2 saturated heterocycles. The largest absolute Gasteiger partial charge is 0.388 e. The lowest BCUT2D eigenvalue weighted by Gasteiger charge is -2.31. The zero-order valence-electron chi connectivity index (χ0n) is 15.9. The second-order valence-corrected chi connectivity index (χ2v) is 7.97. The van der Waals surface area contributed by atoms with Crippen LogP contribution in [-0.4, -0.2) is 85.5 Å². The highest BCUT2D eigenvalue weighted by atomic mass is 16.5. The van der Waals surface area contributed by atoms with E-state index in [9.17, 15) is 5.11 Å². The van der Waals surface area contributed by atoms with Crippen LogP contribution in [0.2, 0.25) is 0 Å². The maximum absolute atomic E-state index is 10.7. The summed E-state index contributed by atoms with van der Waals surface area (Å²) in [6.07, 6.45) is 6.54. The molecule has 1 saturated carbocycles. The van der Waals surface area contributed by atoms with Gasteiger partial charge in [-0.05, 0) is 32.1 Å². The van der Waals surface area contributed by atoms with Gasteiger partial charge in [0.25, 0.3) is 0 Å². The van der Waals surface area contributed by atoms with Gasteiger partial charge in [-0.1, -0.05) is 19.3 Å². The summed E-state index contributed by atoms with van der Waals surface area (Å²) in [4.78, 5) is 9.74. The van der Waals surface area contributed by atoms with Gasteiger partial charge in [0, 0.05) is 39.3 Å². The van der Waals surface area contributed by atoms with E-state index in [2.05, 4.69) is 22.0 Å². The van der Waals surface area contributed by atoms with Crippen LogP contribution < -0.4 is 5.32 Å². The number of nitrogens with one attached hydrogen (secondary N) is 1. The number of guanidine groups is 1. The molecule has 0 bridgehead atoms. The second kappa shape index (κ2) is 9.19. The van der Waals surface area contributed by atoms with Gasteiger partial charge in [0.1, 0.15) is 0 Å². The average Bonchev–Trinajstić information content (AvgIpc) is 3.08. The highest BCUT2D eigenvalue weighted by molar-refractivity contribution is 5.80. The van der Waals surface area contributed by atoms with Gasteiger partial charge in [0.05, 0.1) is 25.4 Å². The molecule has 144 valence electrons. The molecule has 0 spiro atoms. The van der Waals surface area contributed by atoms with Crippen LogP contribution in [0.15, 0.2) is 4.99 Å². The molecule has 0 aromatic carbocycles. The Morgan fingerprint density at radius 3 is 2.68 bits per heavy atom. The molecule has 6 nitrogen and oxygen atoms in total. The summed E-state index contributed by atoms with van der Waals surface area (Å²) in [6, 6.07) is 0. The Hall–Kier alpha value is -0.850. The number of aliphatic imine (C=N–C) groups is 1. The van der Waals surface area contributed by atoms with Crippen LogP contribution in [0.4, 0.5) is 0 Å². The molecule has 3 rings (SSSR count). The van der Waals surface area contributed by atoms with E-state index >= 15 is 0 Å². The third-order valence-electron chi connectivity index (χ3n) is 5.85. The van der Waals surface area contributed by atoms with Crippen molar-refractivity contribution in [1.82, 2.24) is 15.1 Å². The van der Waals surface area contributed by atoms with E-state index in [0.29, 0.717) is 12.5 Å². The molecule has 0 aromatic heterocycles. The standard InChI is InChI=1S/C19H36N4O2/c1-2-20-18(21-16-19(24)7-4-3-5-8-19)23-9-6-17(15-23)14-22-10-12-25-13-11-22/h17,24H,2-16H2,1H3,(H,20,21). The average molecular weight is 353 g/mol. The Bertz CT molecular complexity index is 431. The minimum atomic E-state index is -0.578. The number of aliphatic hydroxyl groups is 1. The van der Waals surface area contributed by atoms with E-state index in [4.69, 9.17) is 9.73 Å². The van der Waals surface area contributed by atoms with Crippen LogP contribution in [0.5, 0.6) is 0 Å². The number of hydrogen-bond donors (Lipinski definition) is 2. The fourth-order valence-corrected chi connectivity index (χ4v) is 4.34. The molecule has 1 unspecified atom stereocenters. The first kappa shape index (κ1) is 18.9. The molecular formula is C19H36N4O2. The summed E-state index contributed by atoms with van der Waals surface area (Å²) in [5, 5.41) is 14.2. The summed E-state index contributed by atoms with van der Waals surface area (Å²) < 4.78 is 5.45. The monoisotopic (exact) mass is 352 g/mol. The van der Waals surface area contributed by atoms with Crippen molar-refractivity contribution in [2.45, 2.75) is 51.0 Å². The van der Waals surface area contributed by atoms with Crippen molar-refractivity contribution in [2.24, 2.45) is 10.9 Å². The highest BCUT2D eigenvalue weighted by Crippen LogP contribution is 2.28. The van der Waals surface area contributed by atoms with Gasteiger partial charge in [-0.25, -0.2) is 0 Å². The Kier molecular flexibility index (Phi) is 6.96. The van der Waals surface area contributed by atoms with Crippen LogP contribution in [0.3, 0.4) is 0 Å². The van der Waals surface area contributed by atoms with E-state index in [-0.39, 0.29) is 0 Å². The smallest absolute Gasteiger partial charge is 0.194 e. The van der Waals surface area contributed by atoms with Crippen LogP contribution >= 0.6 is 0 Å².